The van der Waals surface area contributed by atoms with Gasteiger partial charge in [0.05, 0.1) is 19.3 Å². The zero-order valence-electron chi connectivity index (χ0n) is 14.2. The summed E-state index contributed by atoms with van der Waals surface area (Å²) in [4.78, 5) is 12.9. The highest BCUT2D eigenvalue weighted by Crippen LogP contribution is 2.24. The van der Waals surface area contributed by atoms with E-state index in [4.69, 9.17) is 4.74 Å². The van der Waals surface area contributed by atoms with Crippen LogP contribution in [0.5, 0.6) is 0 Å². The Bertz CT molecular complexity index is 654. The van der Waals surface area contributed by atoms with E-state index < -0.39 is 5.60 Å². The van der Waals surface area contributed by atoms with Gasteiger partial charge in [0, 0.05) is 10.6 Å². The first kappa shape index (κ1) is 18.4. The van der Waals surface area contributed by atoms with Crippen LogP contribution in [0, 0.1) is 0 Å². The van der Waals surface area contributed by atoms with Crippen LogP contribution >= 0.6 is 11.3 Å². The van der Waals surface area contributed by atoms with Gasteiger partial charge in [-0.3, -0.25) is 0 Å². The predicted molar refractivity (Wildman–Crippen MR) is 97.3 cm³/mol. The van der Waals surface area contributed by atoms with Crippen molar-refractivity contribution in [3.63, 3.8) is 0 Å². The van der Waals surface area contributed by atoms with Crippen molar-refractivity contribution in [1.82, 2.24) is 5.32 Å². The number of benzene rings is 1. The SMILES string of the molecule is CC(C)OCc1cccc(NC(=O)NCC(C)(O)c2cccs2)c1. The molecule has 2 rings (SSSR count). The van der Waals surface area contributed by atoms with Gasteiger partial charge in [-0.25, -0.2) is 4.79 Å². The minimum atomic E-state index is -1.08. The largest absolute Gasteiger partial charge is 0.383 e. The zero-order valence-corrected chi connectivity index (χ0v) is 15.0. The molecule has 0 saturated heterocycles. The summed E-state index contributed by atoms with van der Waals surface area (Å²) in [5.41, 5.74) is 0.596. The van der Waals surface area contributed by atoms with Gasteiger partial charge < -0.3 is 20.5 Å². The summed E-state index contributed by atoms with van der Waals surface area (Å²) in [6.07, 6.45) is 0.157. The number of aliphatic hydroxyl groups is 1. The second kappa shape index (κ2) is 8.28. The molecule has 24 heavy (non-hydrogen) atoms. The van der Waals surface area contributed by atoms with E-state index in [2.05, 4.69) is 10.6 Å². The summed E-state index contributed by atoms with van der Waals surface area (Å²) in [5.74, 6) is 0. The molecule has 1 aromatic carbocycles. The molecule has 0 fully saturated rings. The lowest BCUT2D eigenvalue weighted by atomic mass is 10.1. The molecule has 0 spiro atoms. The van der Waals surface area contributed by atoms with Crippen LogP contribution in [0.2, 0.25) is 0 Å². The number of thiophene rings is 1. The van der Waals surface area contributed by atoms with E-state index in [0.29, 0.717) is 12.3 Å². The number of anilines is 1. The first-order chi connectivity index (χ1) is 11.4. The van der Waals surface area contributed by atoms with Crippen molar-refractivity contribution in [2.24, 2.45) is 0 Å². The molecule has 1 atom stereocenters. The number of ether oxygens (including phenoxy) is 1. The van der Waals surface area contributed by atoms with E-state index in [1.807, 2.05) is 55.6 Å². The van der Waals surface area contributed by atoms with Crippen LogP contribution in [0.15, 0.2) is 41.8 Å². The predicted octanol–water partition coefficient (Wildman–Crippen LogP) is 3.70. The van der Waals surface area contributed by atoms with Gasteiger partial charge in [0.2, 0.25) is 0 Å². The maximum absolute atomic E-state index is 12.0. The van der Waals surface area contributed by atoms with Crippen molar-refractivity contribution in [2.45, 2.75) is 39.1 Å². The molecule has 0 aliphatic carbocycles. The highest BCUT2D eigenvalue weighted by atomic mass is 32.1. The number of hydrogen-bond acceptors (Lipinski definition) is 4. The first-order valence-corrected chi connectivity index (χ1v) is 8.76. The summed E-state index contributed by atoms with van der Waals surface area (Å²) in [5, 5.41) is 17.8. The molecule has 1 heterocycles. The first-order valence-electron chi connectivity index (χ1n) is 7.88. The van der Waals surface area contributed by atoms with Gasteiger partial charge >= 0.3 is 6.03 Å². The van der Waals surface area contributed by atoms with E-state index in [1.54, 1.807) is 6.92 Å². The summed E-state index contributed by atoms with van der Waals surface area (Å²) in [7, 11) is 0. The second-order valence-electron chi connectivity index (χ2n) is 6.12. The standard InChI is InChI=1S/C18H24N2O3S/c1-13(2)23-11-14-6-4-7-15(10-14)20-17(21)19-12-18(3,22)16-8-5-9-24-16/h4-10,13,22H,11-12H2,1-3H3,(H2,19,20,21). The zero-order chi connectivity index (χ0) is 17.6. The Morgan fingerprint density at radius 3 is 2.79 bits per heavy atom. The lowest BCUT2D eigenvalue weighted by molar-refractivity contribution is 0.0637. The van der Waals surface area contributed by atoms with Gasteiger partial charge in [-0.1, -0.05) is 18.2 Å². The number of rotatable bonds is 7. The number of amides is 2. The molecule has 2 aromatic rings. The van der Waals surface area contributed by atoms with Gasteiger partial charge in [0.25, 0.3) is 0 Å². The van der Waals surface area contributed by atoms with Crippen molar-refractivity contribution in [2.75, 3.05) is 11.9 Å². The summed E-state index contributed by atoms with van der Waals surface area (Å²) >= 11 is 1.46. The van der Waals surface area contributed by atoms with E-state index in [0.717, 1.165) is 10.4 Å². The molecule has 1 unspecified atom stereocenters. The molecule has 0 saturated carbocycles. The van der Waals surface area contributed by atoms with E-state index in [1.165, 1.54) is 11.3 Å². The van der Waals surface area contributed by atoms with Crippen LogP contribution in [-0.2, 0) is 16.9 Å². The van der Waals surface area contributed by atoms with Crippen molar-refractivity contribution in [3.8, 4) is 0 Å². The van der Waals surface area contributed by atoms with Crippen molar-refractivity contribution >= 4 is 23.1 Å². The van der Waals surface area contributed by atoms with Gasteiger partial charge in [0.15, 0.2) is 0 Å². The average Bonchev–Trinajstić information content (AvgIpc) is 3.07. The Kier molecular flexibility index (Phi) is 6.36. The van der Waals surface area contributed by atoms with E-state index in [9.17, 15) is 9.90 Å². The molecular formula is C18H24N2O3S. The number of nitrogens with one attached hydrogen (secondary N) is 2. The lowest BCUT2D eigenvalue weighted by Crippen LogP contribution is -2.40. The molecular weight excluding hydrogens is 324 g/mol. The summed E-state index contributed by atoms with van der Waals surface area (Å²) < 4.78 is 5.56. The number of carbonyl (C=O) groups excluding carboxylic acids is 1. The number of carbonyl (C=O) groups is 1. The maximum Gasteiger partial charge on any atom is 0.319 e. The monoisotopic (exact) mass is 348 g/mol. The molecule has 0 aliphatic rings. The molecule has 0 bridgehead atoms. The Morgan fingerprint density at radius 1 is 1.33 bits per heavy atom. The van der Waals surface area contributed by atoms with Gasteiger partial charge in [-0.2, -0.15) is 0 Å². The van der Waals surface area contributed by atoms with E-state index >= 15 is 0 Å². The van der Waals surface area contributed by atoms with Crippen LogP contribution in [0.3, 0.4) is 0 Å². The van der Waals surface area contributed by atoms with Crippen LogP contribution < -0.4 is 10.6 Å². The third kappa shape index (κ3) is 5.63. The molecule has 3 N–H and O–H groups in total. The van der Waals surface area contributed by atoms with E-state index in [-0.39, 0.29) is 18.7 Å². The Morgan fingerprint density at radius 2 is 2.12 bits per heavy atom. The summed E-state index contributed by atoms with van der Waals surface area (Å²) in [6.45, 7) is 6.28. The van der Waals surface area contributed by atoms with Crippen LogP contribution in [-0.4, -0.2) is 23.8 Å². The molecule has 0 radical (unpaired) electrons. The molecule has 2 amide bonds. The fourth-order valence-electron chi connectivity index (χ4n) is 2.10. The molecule has 6 heteroatoms. The molecule has 0 aliphatic heterocycles. The van der Waals surface area contributed by atoms with Crippen LogP contribution in [0.25, 0.3) is 0 Å². The quantitative estimate of drug-likeness (QED) is 0.714. The van der Waals surface area contributed by atoms with Gasteiger partial charge in [-0.15, -0.1) is 11.3 Å². The molecule has 5 nitrogen and oxygen atoms in total. The topological polar surface area (TPSA) is 70.6 Å². The van der Waals surface area contributed by atoms with Crippen molar-refractivity contribution < 1.29 is 14.6 Å². The van der Waals surface area contributed by atoms with Gasteiger partial charge in [-0.05, 0) is 49.9 Å². The highest BCUT2D eigenvalue weighted by Gasteiger charge is 2.24. The Balaban J connectivity index is 1.87. The van der Waals surface area contributed by atoms with Crippen molar-refractivity contribution in [1.29, 1.82) is 0 Å². The summed E-state index contributed by atoms with van der Waals surface area (Å²) in [6, 6.07) is 10.9. The fourth-order valence-corrected chi connectivity index (χ4v) is 2.89. The smallest absolute Gasteiger partial charge is 0.319 e. The van der Waals surface area contributed by atoms with Crippen LogP contribution in [0.1, 0.15) is 31.2 Å². The number of hydrogen-bond donors (Lipinski definition) is 3. The molecule has 1 aromatic heterocycles. The maximum atomic E-state index is 12.0. The Hall–Kier alpha value is -1.89. The minimum Gasteiger partial charge on any atom is -0.383 e. The van der Waals surface area contributed by atoms with Crippen LogP contribution in [0.4, 0.5) is 10.5 Å². The lowest BCUT2D eigenvalue weighted by Gasteiger charge is -2.22. The fraction of sp³-hybridized carbons (Fsp3) is 0.389. The minimum absolute atomic E-state index is 0.134. The molecule has 130 valence electrons. The highest BCUT2D eigenvalue weighted by molar-refractivity contribution is 7.10. The van der Waals surface area contributed by atoms with Gasteiger partial charge in [0.1, 0.15) is 5.60 Å². The second-order valence-corrected chi connectivity index (χ2v) is 7.07. The number of urea groups is 1. The average molecular weight is 348 g/mol. The Labute approximate surface area is 146 Å². The normalized spacial score (nSPS) is 13.5. The third-order valence-electron chi connectivity index (χ3n) is 3.41. The van der Waals surface area contributed by atoms with Crippen molar-refractivity contribution in [3.05, 3.63) is 52.2 Å². The third-order valence-corrected chi connectivity index (χ3v) is 4.54.